The Hall–Kier alpha value is -2.84. The Morgan fingerprint density at radius 1 is 1.18 bits per heavy atom. The van der Waals surface area contributed by atoms with E-state index in [1.807, 2.05) is 49.4 Å². The molecule has 1 aromatic heterocycles. The quantitative estimate of drug-likeness (QED) is 0.403. The van der Waals surface area contributed by atoms with Crippen LogP contribution in [0.4, 0.5) is 0 Å². The van der Waals surface area contributed by atoms with Crippen molar-refractivity contribution >= 4 is 27.5 Å². The Bertz CT molecular complexity index is 985. The molecule has 0 spiro atoms. The zero-order valence-corrected chi connectivity index (χ0v) is 16.8. The first-order valence-electron chi connectivity index (χ1n) is 9.49. The summed E-state index contributed by atoms with van der Waals surface area (Å²) >= 11 is 1.54. The van der Waals surface area contributed by atoms with Crippen molar-refractivity contribution in [2.24, 2.45) is 0 Å². The lowest BCUT2D eigenvalue weighted by atomic mass is 10.1. The zero-order chi connectivity index (χ0) is 19.6. The molecular weight excluding hydrogens is 368 g/mol. The van der Waals surface area contributed by atoms with Gasteiger partial charge in [-0.25, -0.2) is 4.98 Å². The number of carbonyl (C=O) groups is 1. The van der Waals surface area contributed by atoms with E-state index < -0.39 is 0 Å². The summed E-state index contributed by atoms with van der Waals surface area (Å²) in [5.41, 5.74) is 4.38. The van der Waals surface area contributed by atoms with Gasteiger partial charge in [0.05, 0.1) is 22.3 Å². The van der Waals surface area contributed by atoms with E-state index >= 15 is 0 Å². The molecule has 0 bridgehead atoms. The number of benzene rings is 2. The number of nitrogens with zero attached hydrogens (tertiary/aromatic N) is 1. The maximum atomic E-state index is 12.4. The lowest BCUT2D eigenvalue weighted by Crippen LogP contribution is -2.22. The van der Waals surface area contributed by atoms with E-state index in [0.29, 0.717) is 18.7 Å². The van der Waals surface area contributed by atoms with Crippen LogP contribution in [0.3, 0.4) is 0 Å². The molecule has 0 saturated heterocycles. The molecule has 0 aliphatic heterocycles. The molecule has 3 rings (SSSR count). The molecule has 0 unspecified atom stereocenters. The van der Waals surface area contributed by atoms with Crippen LogP contribution in [0.25, 0.3) is 10.2 Å². The van der Waals surface area contributed by atoms with E-state index in [-0.39, 0.29) is 5.91 Å². The monoisotopic (exact) mass is 392 g/mol. The number of rotatable bonds is 9. The molecule has 0 atom stereocenters. The number of aromatic nitrogens is 1. The minimum absolute atomic E-state index is 0.0863. The number of hydrogen-bond donors (Lipinski definition) is 1. The maximum Gasteiger partial charge on any atom is 0.251 e. The summed E-state index contributed by atoms with van der Waals surface area (Å²) in [5.74, 6) is 6.75. The third-order valence-corrected chi connectivity index (χ3v) is 5.13. The molecule has 4 nitrogen and oxygen atoms in total. The van der Waals surface area contributed by atoms with E-state index in [0.717, 1.165) is 47.2 Å². The molecule has 0 fully saturated rings. The van der Waals surface area contributed by atoms with Crippen LogP contribution in [0.1, 0.15) is 48.5 Å². The van der Waals surface area contributed by atoms with Crippen molar-refractivity contribution in [3.63, 3.8) is 0 Å². The van der Waals surface area contributed by atoms with Gasteiger partial charge in [0.25, 0.3) is 5.91 Å². The Morgan fingerprint density at radius 2 is 2.11 bits per heavy atom. The van der Waals surface area contributed by atoms with Crippen LogP contribution < -0.4 is 10.1 Å². The van der Waals surface area contributed by atoms with Gasteiger partial charge in [-0.1, -0.05) is 12.1 Å². The molecule has 0 saturated carbocycles. The summed E-state index contributed by atoms with van der Waals surface area (Å²) < 4.78 is 6.85. The summed E-state index contributed by atoms with van der Waals surface area (Å²) in [4.78, 5) is 16.7. The van der Waals surface area contributed by atoms with E-state index in [4.69, 9.17) is 4.74 Å². The van der Waals surface area contributed by atoms with E-state index in [2.05, 4.69) is 22.1 Å². The minimum atomic E-state index is -0.0863. The van der Waals surface area contributed by atoms with Crippen LogP contribution >= 0.6 is 11.3 Å². The molecule has 1 amide bonds. The number of carbonyl (C=O) groups excluding carboxylic acids is 1. The molecular formula is C23H24N2O2S. The average Bonchev–Trinajstić information content (AvgIpc) is 3.19. The molecule has 0 aliphatic rings. The minimum Gasteiger partial charge on any atom is -0.494 e. The fourth-order valence-corrected chi connectivity index (χ4v) is 3.55. The first-order valence-corrected chi connectivity index (χ1v) is 10.4. The summed E-state index contributed by atoms with van der Waals surface area (Å²) in [6.45, 7) is 3.04. The largest absolute Gasteiger partial charge is 0.494 e. The van der Waals surface area contributed by atoms with Gasteiger partial charge in [0.1, 0.15) is 5.75 Å². The molecule has 1 heterocycles. The van der Waals surface area contributed by atoms with Gasteiger partial charge >= 0.3 is 0 Å². The number of ether oxygens (including phenoxy) is 1. The van der Waals surface area contributed by atoms with Crippen molar-refractivity contribution in [3.05, 3.63) is 59.1 Å². The van der Waals surface area contributed by atoms with Gasteiger partial charge in [-0.2, -0.15) is 0 Å². The normalized spacial score (nSPS) is 10.3. The van der Waals surface area contributed by atoms with Crippen molar-refractivity contribution < 1.29 is 9.53 Å². The maximum absolute atomic E-state index is 12.4. The molecule has 5 heteroatoms. The van der Waals surface area contributed by atoms with Crippen LogP contribution in [-0.2, 0) is 6.54 Å². The highest BCUT2D eigenvalue weighted by molar-refractivity contribution is 7.16. The third-order valence-electron chi connectivity index (χ3n) is 4.34. The van der Waals surface area contributed by atoms with Crippen LogP contribution in [0.5, 0.6) is 5.75 Å². The summed E-state index contributed by atoms with van der Waals surface area (Å²) in [6, 6.07) is 13.4. The summed E-state index contributed by atoms with van der Waals surface area (Å²) in [7, 11) is 0. The third kappa shape index (κ3) is 5.83. The smallest absolute Gasteiger partial charge is 0.251 e. The first kappa shape index (κ1) is 19.9. The number of unbranched alkanes of at least 4 members (excludes halogenated alkanes) is 3. The second kappa shape index (κ2) is 10.5. The van der Waals surface area contributed by atoms with E-state index in [9.17, 15) is 4.79 Å². The zero-order valence-electron chi connectivity index (χ0n) is 16.0. The second-order valence-electron chi connectivity index (χ2n) is 6.45. The summed E-state index contributed by atoms with van der Waals surface area (Å²) in [6.07, 6.45) is 4.21. The Kier molecular flexibility index (Phi) is 7.45. The fraction of sp³-hybridized carbons (Fsp3) is 0.304. The van der Waals surface area contributed by atoms with Crippen LogP contribution in [0.15, 0.2) is 48.0 Å². The van der Waals surface area contributed by atoms with Crippen LogP contribution in [-0.4, -0.2) is 17.5 Å². The van der Waals surface area contributed by atoms with Gasteiger partial charge in [-0.05, 0) is 62.1 Å². The Balaban J connectivity index is 1.45. The molecule has 1 N–H and O–H groups in total. The van der Waals surface area contributed by atoms with Crippen molar-refractivity contribution in [1.29, 1.82) is 0 Å². The predicted molar refractivity (Wildman–Crippen MR) is 115 cm³/mol. The number of nitrogens with one attached hydrogen (secondary N) is 1. The molecule has 3 aromatic rings. The highest BCUT2D eigenvalue weighted by Gasteiger charge is 2.08. The van der Waals surface area contributed by atoms with Gasteiger partial charge in [0.2, 0.25) is 0 Å². The SMILES string of the molecule is CC#CCCCCCOc1cccc(CNC(=O)c2ccc3ncsc3c2)c1. The van der Waals surface area contributed by atoms with Crippen molar-refractivity contribution in [1.82, 2.24) is 10.3 Å². The van der Waals surface area contributed by atoms with Crippen molar-refractivity contribution in [3.8, 4) is 17.6 Å². The number of amides is 1. The van der Waals surface area contributed by atoms with Crippen molar-refractivity contribution in [2.75, 3.05) is 6.61 Å². The van der Waals surface area contributed by atoms with Gasteiger partial charge in [0, 0.05) is 18.5 Å². The predicted octanol–water partition coefficient (Wildman–Crippen LogP) is 5.19. The van der Waals surface area contributed by atoms with E-state index in [1.54, 1.807) is 5.51 Å². The van der Waals surface area contributed by atoms with Gasteiger partial charge in [-0.15, -0.1) is 23.2 Å². The van der Waals surface area contributed by atoms with Gasteiger partial charge < -0.3 is 10.1 Å². The second-order valence-corrected chi connectivity index (χ2v) is 7.34. The standard InChI is InChI=1S/C23H24N2O2S/c1-2-3-4-5-6-7-13-27-20-10-8-9-18(14-20)16-24-23(26)19-11-12-21-22(15-19)28-17-25-21/h8-12,14-15,17H,4-7,13,16H2,1H3,(H,24,26). The highest BCUT2D eigenvalue weighted by atomic mass is 32.1. The van der Waals surface area contributed by atoms with Gasteiger partial charge in [0.15, 0.2) is 0 Å². The van der Waals surface area contributed by atoms with E-state index in [1.165, 1.54) is 11.3 Å². The van der Waals surface area contributed by atoms with Gasteiger partial charge in [-0.3, -0.25) is 4.79 Å². The van der Waals surface area contributed by atoms with Crippen LogP contribution in [0.2, 0.25) is 0 Å². The molecule has 0 aliphatic carbocycles. The number of fused-ring (bicyclic) bond motifs is 1. The van der Waals surface area contributed by atoms with Crippen LogP contribution in [0, 0.1) is 11.8 Å². The lowest BCUT2D eigenvalue weighted by molar-refractivity contribution is 0.0951. The average molecular weight is 393 g/mol. The first-order chi connectivity index (χ1) is 13.8. The van der Waals surface area contributed by atoms with Crippen molar-refractivity contribution in [2.45, 2.75) is 39.2 Å². The lowest BCUT2D eigenvalue weighted by Gasteiger charge is -2.09. The molecule has 144 valence electrons. The molecule has 28 heavy (non-hydrogen) atoms. The molecule has 0 radical (unpaired) electrons. The molecule has 2 aromatic carbocycles. The Morgan fingerprint density at radius 3 is 3.00 bits per heavy atom. The Labute approximate surface area is 170 Å². The number of thiazole rings is 1. The summed E-state index contributed by atoms with van der Waals surface area (Å²) in [5, 5.41) is 2.97. The fourth-order valence-electron chi connectivity index (χ4n) is 2.83. The number of hydrogen-bond acceptors (Lipinski definition) is 4. The highest BCUT2D eigenvalue weighted by Crippen LogP contribution is 2.19. The topological polar surface area (TPSA) is 51.2 Å².